The zero-order chi connectivity index (χ0) is 12.4. The maximum absolute atomic E-state index is 9.38. The molecular formula is C14H20O3. The molecule has 1 N–H and O–H groups in total. The van der Waals surface area contributed by atoms with Gasteiger partial charge < -0.3 is 14.6 Å². The lowest BCUT2D eigenvalue weighted by Crippen LogP contribution is -2.52. The molecule has 1 aliphatic rings. The minimum absolute atomic E-state index is 0.00830. The number of ether oxygens (including phenoxy) is 2. The Bertz CT molecular complexity index is 347. The van der Waals surface area contributed by atoms with Gasteiger partial charge in [0.1, 0.15) is 11.2 Å². The summed E-state index contributed by atoms with van der Waals surface area (Å²) < 4.78 is 11.8. The van der Waals surface area contributed by atoms with Crippen molar-refractivity contribution in [3.8, 4) is 0 Å². The lowest BCUT2D eigenvalue weighted by molar-refractivity contribution is -0.245. The molecule has 3 nitrogen and oxygen atoms in total. The van der Waals surface area contributed by atoms with Gasteiger partial charge in [-0.25, -0.2) is 0 Å². The first-order chi connectivity index (χ1) is 8.14. The second-order valence-electron chi connectivity index (χ2n) is 4.87. The van der Waals surface area contributed by atoms with Gasteiger partial charge in [-0.05, 0) is 18.9 Å². The van der Waals surface area contributed by atoms with E-state index in [2.05, 4.69) is 0 Å². The van der Waals surface area contributed by atoms with Gasteiger partial charge in [-0.3, -0.25) is 0 Å². The number of aliphatic hydroxyl groups excluding tert-OH is 1. The van der Waals surface area contributed by atoms with E-state index in [1.165, 1.54) is 0 Å². The van der Waals surface area contributed by atoms with Gasteiger partial charge in [0, 0.05) is 0 Å². The average Bonchev–Trinajstić information content (AvgIpc) is 2.41. The molecular weight excluding hydrogens is 216 g/mol. The minimum Gasteiger partial charge on any atom is -0.393 e. The van der Waals surface area contributed by atoms with Gasteiger partial charge >= 0.3 is 0 Å². The highest BCUT2D eigenvalue weighted by Gasteiger charge is 2.41. The normalized spacial score (nSPS) is 33.6. The van der Waals surface area contributed by atoms with Crippen LogP contribution in [0.1, 0.15) is 25.8 Å². The van der Waals surface area contributed by atoms with E-state index in [0.717, 1.165) is 12.0 Å². The third-order valence-corrected chi connectivity index (χ3v) is 3.62. The van der Waals surface area contributed by atoms with Crippen LogP contribution in [0.4, 0.5) is 0 Å². The summed E-state index contributed by atoms with van der Waals surface area (Å²) in [5.41, 5.74) is 0.186. The second kappa shape index (κ2) is 4.77. The van der Waals surface area contributed by atoms with Gasteiger partial charge in [0.05, 0.1) is 19.8 Å². The van der Waals surface area contributed by atoms with Crippen molar-refractivity contribution in [3.63, 3.8) is 0 Å². The molecule has 17 heavy (non-hydrogen) atoms. The SMILES string of the molecule is CCC1(CO)COC(C)(c2ccccc2)CO1. The molecule has 0 aromatic heterocycles. The van der Waals surface area contributed by atoms with Crippen molar-refractivity contribution < 1.29 is 14.6 Å². The Morgan fingerprint density at radius 2 is 1.88 bits per heavy atom. The summed E-state index contributed by atoms with van der Waals surface area (Å²) in [6, 6.07) is 10.1. The highest BCUT2D eigenvalue weighted by Crippen LogP contribution is 2.34. The molecule has 3 heteroatoms. The summed E-state index contributed by atoms with van der Waals surface area (Å²) in [4.78, 5) is 0. The van der Waals surface area contributed by atoms with Crippen molar-refractivity contribution in [2.45, 2.75) is 31.5 Å². The molecule has 1 aromatic carbocycles. The molecule has 2 unspecified atom stereocenters. The van der Waals surface area contributed by atoms with Crippen LogP contribution < -0.4 is 0 Å². The Morgan fingerprint density at radius 1 is 1.18 bits per heavy atom. The minimum atomic E-state index is -0.520. The fourth-order valence-electron chi connectivity index (χ4n) is 2.03. The number of hydrogen-bond acceptors (Lipinski definition) is 3. The van der Waals surface area contributed by atoms with Crippen molar-refractivity contribution >= 4 is 0 Å². The molecule has 0 spiro atoms. The Hall–Kier alpha value is -0.900. The van der Waals surface area contributed by atoms with E-state index in [1.54, 1.807) is 0 Å². The van der Waals surface area contributed by atoms with Gasteiger partial charge in [-0.15, -0.1) is 0 Å². The standard InChI is InChI=1S/C14H20O3/c1-3-14(9-15)11-16-13(2,10-17-14)12-7-5-4-6-8-12/h4-8,15H,3,9-11H2,1-2H3. The van der Waals surface area contributed by atoms with Gasteiger partial charge in [0.15, 0.2) is 0 Å². The summed E-state index contributed by atoms with van der Waals surface area (Å²) in [6.45, 7) is 4.95. The average molecular weight is 236 g/mol. The number of hydrogen-bond donors (Lipinski definition) is 1. The van der Waals surface area contributed by atoms with Crippen molar-refractivity contribution in [2.75, 3.05) is 19.8 Å². The lowest BCUT2D eigenvalue weighted by Gasteiger charge is -2.44. The number of benzene rings is 1. The Morgan fingerprint density at radius 3 is 2.35 bits per heavy atom. The maximum Gasteiger partial charge on any atom is 0.114 e. The third-order valence-electron chi connectivity index (χ3n) is 3.62. The largest absolute Gasteiger partial charge is 0.393 e. The fourth-order valence-corrected chi connectivity index (χ4v) is 2.03. The molecule has 1 aromatic rings. The molecule has 94 valence electrons. The molecule has 1 saturated heterocycles. The van der Waals surface area contributed by atoms with Crippen molar-refractivity contribution in [3.05, 3.63) is 35.9 Å². The molecule has 0 radical (unpaired) electrons. The quantitative estimate of drug-likeness (QED) is 0.873. The predicted molar refractivity (Wildman–Crippen MR) is 65.8 cm³/mol. The van der Waals surface area contributed by atoms with E-state index in [-0.39, 0.29) is 6.61 Å². The fraction of sp³-hybridized carbons (Fsp3) is 0.571. The summed E-state index contributed by atoms with van der Waals surface area (Å²) in [5.74, 6) is 0. The molecule has 2 atom stereocenters. The number of rotatable bonds is 3. The molecule has 0 saturated carbocycles. The van der Waals surface area contributed by atoms with Crippen LogP contribution in [-0.4, -0.2) is 30.5 Å². The predicted octanol–water partition coefficient (Wildman–Crippen LogP) is 2.09. The lowest BCUT2D eigenvalue weighted by atomic mass is 9.93. The van der Waals surface area contributed by atoms with Crippen LogP contribution in [0, 0.1) is 0 Å². The first-order valence-corrected chi connectivity index (χ1v) is 6.08. The van der Waals surface area contributed by atoms with Crippen LogP contribution in [0.3, 0.4) is 0 Å². The Labute approximate surface area is 102 Å². The van der Waals surface area contributed by atoms with Crippen LogP contribution in [0.15, 0.2) is 30.3 Å². The van der Waals surface area contributed by atoms with Gasteiger partial charge in [0.25, 0.3) is 0 Å². The first kappa shape index (κ1) is 12.6. The molecule has 1 fully saturated rings. The van der Waals surface area contributed by atoms with Gasteiger partial charge in [-0.2, -0.15) is 0 Å². The Balaban J connectivity index is 2.12. The Kier molecular flexibility index (Phi) is 3.52. The van der Waals surface area contributed by atoms with Crippen LogP contribution in [0.2, 0.25) is 0 Å². The zero-order valence-electron chi connectivity index (χ0n) is 10.5. The van der Waals surface area contributed by atoms with E-state index >= 15 is 0 Å². The van der Waals surface area contributed by atoms with E-state index in [9.17, 15) is 5.11 Å². The van der Waals surface area contributed by atoms with Crippen LogP contribution in [-0.2, 0) is 15.1 Å². The smallest absolute Gasteiger partial charge is 0.114 e. The molecule has 0 bridgehead atoms. The highest BCUT2D eigenvalue weighted by atomic mass is 16.6. The highest BCUT2D eigenvalue weighted by molar-refractivity contribution is 5.22. The summed E-state index contributed by atoms with van der Waals surface area (Å²) >= 11 is 0. The van der Waals surface area contributed by atoms with Crippen molar-refractivity contribution in [1.82, 2.24) is 0 Å². The summed E-state index contributed by atoms with van der Waals surface area (Å²) in [7, 11) is 0. The van der Waals surface area contributed by atoms with E-state index in [4.69, 9.17) is 9.47 Å². The molecule has 0 aliphatic carbocycles. The van der Waals surface area contributed by atoms with E-state index < -0.39 is 11.2 Å². The molecule has 2 rings (SSSR count). The summed E-state index contributed by atoms with van der Waals surface area (Å²) in [6.07, 6.45) is 0.758. The van der Waals surface area contributed by atoms with Crippen LogP contribution in [0.5, 0.6) is 0 Å². The zero-order valence-corrected chi connectivity index (χ0v) is 10.5. The van der Waals surface area contributed by atoms with Crippen LogP contribution >= 0.6 is 0 Å². The topological polar surface area (TPSA) is 38.7 Å². The summed E-state index contributed by atoms with van der Waals surface area (Å²) in [5, 5.41) is 9.38. The molecule has 1 aliphatic heterocycles. The van der Waals surface area contributed by atoms with Gasteiger partial charge in [-0.1, -0.05) is 37.3 Å². The van der Waals surface area contributed by atoms with E-state index in [1.807, 2.05) is 44.2 Å². The van der Waals surface area contributed by atoms with Crippen molar-refractivity contribution in [2.24, 2.45) is 0 Å². The second-order valence-corrected chi connectivity index (χ2v) is 4.87. The van der Waals surface area contributed by atoms with Gasteiger partial charge in [0.2, 0.25) is 0 Å². The molecule has 1 heterocycles. The van der Waals surface area contributed by atoms with E-state index in [0.29, 0.717) is 13.2 Å². The number of aliphatic hydroxyl groups is 1. The monoisotopic (exact) mass is 236 g/mol. The maximum atomic E-state index is 9.38. The van der Waals surface area contributed by atoms with Crippen molar-refractivity contribution in [1.29, 1.82) is 0 Å². The third kappa shape index (κ3) is 2.37. The first-order valence-electron chi connectivity index (χ1n) is 6.08. The van der Waals surface area contributed by atoms with Crippen LogP contribution in [0.25, 0.3) is 0 Å². The molecule has 0 amide bonds.